The Hall–Kier alpha value is -3.45. The average molecular weight is 365 g/mol. The molecule has 1 aromatic heterocycles. The molecule has 1 unspecified atom stereocenters. The first-order valence-corrected chi connectivity index (χ1v) is 8.39. The summed E-state index contributed by atoms with van der Waals surface area (Å²) < 4.78 is 5.52. The quantitative estimate of drug-likeness (QED) is 0.600. The maximum absolute atomic E-state index is 12.2. The van der Waals surface area contributed by atoms with E-state index in [4.69, 9.17) is 9.84 Å². The van der Waals surface area contributed by atoms with Crippen LogP contribution in [0.1, 0.15) is 23.0 Å². The van der Waals surface area contributed by atoms with Crippen LogP contribution < -0.4 is 15.6 Å². The molecule has 0 aliphatic heterocycles. The van der Waals surface area contributed by atoms with Crippen molar-refractivity contribution in [2.75, 3.05) is 0 Å². The molecule has 0 saturated carbocycles. The summed E-state index contributed by atoms with van der Waals surface area (Å²) in [6, 6.07) is 17.6. The molecular formula is C20H19N3O4. The average Bonchev–Trinajstić information content (AvgIpc) is 2.71. The largest absolute Gasteiger partial charge is 0.481 e. The molecule has 0 radical (unpaired) electrons. The SMILES string of the molecule is CC(Oc1cccc(CO)c1)C(=O)NNC(=O)c1ccc2ccccc2n1. The lowest BCUT2D eigenvalue weighted by molar-refractivity contribution is -0.128. The lowest BCUT2D eigenvalue weighted by Gasteiger charge is -2.15. The van der Waals surface area contributed by atoms with Crippen LogP contribution >= 0.6 is 0 Å². The van der Waals surface area contributed by atoms with E-state index in [1.54, 1.807) is 49.4 Å². The van der Waals surface area contributed by atoms with Gasteiger partial charge in [-0.25, -0.2) is 4.98 Å². The fourth-order valence-corrected chi connectivity index (χ4v) is 2.45. The van der Waals surface area contributed by atoms with Gasteiger partial charge in [-0.2, -0.15) is 0 Å². The standard InChI is InChI=1S/C20H19N3O4/c1-13(27-16-7-4-5-14(11-16)12-24)19(25)22-23-20(26)18-10-9-15-6-2-3-8-17(15)21-18/h2-11,13,24H,12H2,1H3,(H,22,25)(H,23,26). The van der Waals surface area contributed by atoms with Crippen molar-refractivity contribution in [3.8, 4) is 5.75 Å². The molecule has 2 amide bonds. The first kappa shape index (κ1) is 18.3. The molecule has 3 rings (SSSR count). The van der Waals surface area contributed by atoms with Crippen LogP contribution in [0, 0.1) is 0 Å². The summed E-state index contributed by atoms with van der Waals surface area (Å²) in [7, 11) is 0. The van der Waals surface area contributed by atoms with Gasteiger partial charge in [-0.15, -0.1) is 0 Å². The number of hydrogen-bond acceptors (Lipinski definition) is 5. The van der Waals surface area contributed by atoms with Crippen LogP contribution in [0.15, 0.2) is 60.7 Å². The molecule has 0 saturated heterocycles. The Labute approximate surface area is 156 Å². The fourth-order valence-electron chi connectivity index (χ4n) is 2.45. The number of carbonyl (C=O) groups excluding carboxylic acids is 2. The molecule has 1 heterocycles. The number of rotatable bonds is 5. The number of benzene rings is 2. The highest BCUT2D eigenvalue weighted by atomic mass is 16.5. The fraction of sp³-hybridized carbons (Fsp3) is 0.150. The van der Waals surface area contributed by atoms with Crippen molar-refractivity contribution >= 4 is 22.7 Å². The highest BCUT2D eigenvalue weighted by Crippen LogP contribution is 2.15. The third kappa shape index (κ3) is 4.59. The number of carbonyl (C=O) groups is 2. The number of pyridine rings is 1. The zero-order valence-corrected chi connectivity index (χ0v) is 14.7. The van der Waals surface area contributed by atoms with Gasteiger partial charge in [0.1, 0.15) is 11.4 Å². The zero-order valence-electron chi connectivity index (χ0n) is 14.7. The summed E-state index contributed by atoms with van der Waals surface area (Å²) in [4.78, 5) is 28.6. The summed E-state index contributed by atoms with van der Waals surface area (Å²) in [5, 5.41) is 10.1. The van der Waals surface area contributed by atoms with Crippen molar-refractivity contribution in [1.29, 1.82) is 0 Å². The number of aliphatic hydroxyl groups is 1. The smallest absolute Gasteiger partial charge is 0.288 e. The molecule has 2 aromatic carbocycles. The Morgan fingerprint density at radius 2 is 1.89 bits per heavy atom. The second kappa shape index (κ2) is 8.29. The predicted octanol–water partition coefficient (Wildman–Crippen LogP) is 1.96. The highest BCUT2D eigenvalue weighted by Gasteiger charge is 2.16. The van der Waals surface area contributed by atoms with Crippen LogP contribution in [0.25, 0.3) is 10.9 Å². The van der Waals surface area contributed by atoms with Crippen molar-refractivity contribution in [2.24, 2.45) is 0 Å². The van der Waals surface area contributed by atoms with Crippen molar-refractivity contribution in [3.05, 3.63) is 71.9 Å². The van der Waals surface area contributed by atoms with Crippen LogP contribution in [-0.4, -0.2) is 28.0 Å². The van der Waals surface area contributed by atoms with Crippen molar-refractivity contribution in [2.45, 2.75) is 19.6 Å². The summed E-state index contributed by atoms with van der Waals surface area (Å²) in [6.45, 7) is 1.44. The number of hydrogen-bond donors (Lipinski definition) is 3. The van der Waals surface area contributed by atoms with E-state index in [0.29, 0.717) is 16.8 Å². The number of aromatic nitrogens is 1. The van der Waals surface area contributed by atoms with Crippen LogP contribution in [0.4, 0.5) is 0 Å². The molecule has 3 N–H and O–H groups in total. The van der Waals surface area contributed by atoms with Crippen molar-refractivity contribution in [3.63, 3.8) is 0 Å². The van der Waals surface area contributed by atoms with E-state index >= 15 is 0 Å². The van der Waals surface area contributed by atoms with Crippen LogP contribution in [0.2, 0.25) is 0 Å². The Morgan fingerprint density at radius 3 is 2.70 bits per heavy atom. The number of ether oxygens (including phenoxy) is 1. The number of aliphatic hydroxyl groups excluding tert-OH is 1. The summed E-state index contributed by atoms with van der Waals surface area (Å²) in [5.74, 6) is -0.589. The minimum Gasteiger partial charge on any atom is -0.481 e. The number of hydrazine groups is 1. The number of amides is 2. The topological polar surface area (TPSA) is 101 Å². The van der Waals surface area contributed by atoms with Gasteiger partial charge in [0.15, 0.2) is 6.10 Å². The van der Waals surface area contributed by atoms with Gasteiger partial charge < -0.3 is 9.84 Å². The maximum atomic E-state index is 12.2. The van der Waals surface area contributed by atoms with Gasteiger partial charge in [-0.1, -0.05) is 36.4 Å². The first-order valence-electron chi connectivity index (χ1n) is 8.39. The Morgan fingerprint density at radius 1 is 1.07 bits per heavy atom. The molecular weight excluding hydrogens is 346 g/mol. The Bertz CT molecular complexity index is 974. The molecule has 0 aliphatic carbocycles. The van der Waals surface area contributed by atoms with Crippen molar-refractivity contribution < 1.29 is 19.4 Å². The molecule has 0 fully saturated rings. The van der Waals surface area contributed by atoms with Gasteiger partial charge in [-0.3, -0.25) is 20.4 Å². The van der Waals surface area contributed by atoms with E-state index in [1.165, 1.54) is 0 Å². The first-order chi connectivity index (χ1) is 13.1. The second-order valence-corrected chi connectivity index (χ2v) is 5.90. The van der Waals surface area contributed by atoms with Gasteiger partial charge in [0, 0.05) is 5.39 Å². The number of para-hydroxylation sites is 1. The van der Waals surface area contributed by atoms with E-state index in [-0.39, 0.29) is 12.3 Å². The molecule has 1 atom stereocenters. The third-order valence-electron chi connectivity index (χ3n) is 3.89. The van der Waals surface area contributed by atoms with E-state index in [0.717, 1.165) is 5.39 Å². The van der Waals surface area contributed by atoms with E-state index < -0.39 is 17.9 Å². The van der Waals surface area contributed by atoms with Gasteiger partial charge in [-0.05, 0) is 36.8 Å². The summed E-state index contributed by atoms with van der Waals surface area (Å²) in [6.07, 6.45) is -0.844. The van der Waals surface area contributed by atoms with Crippen LogP contribution in [0.3, 0.4) is 0 Å². The monoisotopic (exact) mass is 365 g/mol. The van der Waals surface area contributed by atoms with Gasteiger partial charge in [0.05, 0.1) is 12.1 Å². The third-order valence-corrected chi connectivity index (χ3v) is 3.89. The van der Waals surface area contributed by atoms with Crippen molar-refractivity contribution in [1.82, 2.24) is 15.8 Å². The number of fused-ring (bicyclic) bond motifs is 1. The zero-order chi connectivity index (χ0) is 19.2. The highest BCUT2D eigenvalue weighted by molar-refractivity contribution is 5.96. The predicted molar refractivity (Wildman–Crippen MR) is 99.8 cm³/mol. The Balaban J connectivity index is 1.57. The number of nitrogens with zero attached hydrogens (tertiary/aromatic N) is 1. The molecule has 3 aromatic rings. The molecule has 0 aliphatic rings. The number of nitrogens with one attached hydrogen (secondary N) is 2. The molecule has 0 spiro atoms. The molecule has 138 valence electrons. The second-order valence-electron chi connectivity index (χ2n) is 5.90. The van der Waals surface area contributed by atoms with E-state index in [1.807, 2.05) is 18.2 Å². The molecule has 7 nitrogen and oxygen atoms in total. The summed E-state index contributed by atoms with van der Waals surface area (Å²) >= 11 is 0. The lowest BCUT2D eigenvalue weighted by Crippen LogP contribution is -2.47. The van der Waals surface area contributed by atoms with Gasteiger partial charge >= 0.3 is 0 Å². The molecule has 27 heavy (non-hydrogen) atoms. The molecule has 0 bridgehead atoms. The van der Waals surface area contributed by atoms with Crippen LogP contribution in [-0.2, 0) is 11.4 Å². The minimum atomic E-state index is -0.844. The normalized spacial score (nSPS) is 11.6. The van der Waals surface area contributed by atoms with Crippen LogP contribution in [0.5, 0.6) is 5.75 Å². The minimum absolute atomic E-state index is 0.118. The van der Waals surface area contributed by atoms with E-state index in [9.17, 15) is 9.59 Å². The Kier molecular flexibility index (Phi) is 5.63. The van der Waals surface area contributed by atoms with Gasteiger partial charge in [0.25, 0.3) is 11.8 Å². The lowest BCUT2D eigenvalue weighted by atomic mass is 10.2. The molecule has 7 heteroatoms. The van der Waals surface area contributed by atoms with Gasteiger partial charge in [0.2, 0.25) is 0 Å². The van der Waals surface area contributed by atoms with E-state index in [2.05, 4.69) is 15.8 Å². The summed E-state index contributed by atoms with van der Waals surface area (Å²) in [5.41, 5.74) is 6.22. The maximum Gasteiger partial charge on any atom is 0.288 e.